The van der Waals surface area contributed by atoms with Crippen molar-refractivity contribution in [2.24, 2.45) is 0 Å². The first-order valence-electron chi connectivity index (χ1n) is 9.46. The molecule has 0 unspecified atom stereocenters. The van der Waals surface area contributed by atoms with E-state index in [0.717, 1.165) is 16.7 Å². The van der Waals surface area contributed by atoms with Crippen LogP contribution in [0.3, 0.4) is 0 Å². The van der Waals surface area contributed by atoms with Gasteiger partial charge in [-0.1, -0.05) is 54.6 Å². The van der Waals surface area contributed by atoms with Crippen LogP contribution < -0.4 is 10.0 Å². The number of thiazole rings is 1. The summed E-state index contributed by atoms with van der Waals surface area (Å²) in [5.41, 5.74) is 3.60. The van der Waals surface area contributed by atoms with E-state index in [-0.39, 0.29) is 10.8 Å². The quantitative estimate of drug-likeness (QED) is 0.434. The number of carbonyl (C=O) groups excluding carboxylic acids is 1. The topological polar surface area (TPSA) is 88.2 Å². The van der Waals surface area contributed by atoms with Gasteiger partial charge in [0.2, 0.25) is 0 Å². The van der Waals surface area contributed by atoms with E-state index in [0.29, 0.717) is 17.2 Å². The minimum absolute atomic E-state index is 0.0655. The van der Waals surface area contributed by atoms with Gasteiger partial charge in [-0.25, -0.2) is 13.4 Å². The Morgan fingerprint density at radius 3 is 2.19 bits per heavy atom. The van der Waals surface area contributed by atoms with Crippen molar-refractivity contribution >= 4 is 32.4 Å². The maximum atomic E-state index is 12.4. The van der Waals surface area contributed by atoms with E-state index in [1.54, 1.807) is 5.38 Å². The van der Waals surface area contributed by atoms with Gasteiger partial charge in [0, 0.05) is 23.7 Å². The first-order valence-corrected chi connectivity index (χ1v) is 11.8. The third-order valence-corrected chi connectivity index (χ3v) is 6.77. The maximum Gasteiger partial charge on any atom is 0.263 e. The average molecular weight is 450 g/mol. The lowest BCUT2D eigenvalue weighted by Crippen LogP contribution is -2.23. The van der Waals surface area contributed by atoms with Gasteiger partial charge >= 0.3 is 0 Å². The highest BCUT2D eigenvalue weighted by atomic mass is 32.2. The molecule has 0 aliphatic heterocycles. The number of sulfonamides is 1. The molecule has 3 aromatic carbocycles. The number of rotatable bonds is 7. The number of nitrogens with one attached hydrogen (secondary N) is 2. The van der Waals surface area contributed by atoms with Gasteiger partial charge in [-0.05, 0) is 41.0 Å². The monoisotopic (exact) mass is 449 g/mol. The molecule has 1 aromatic heterocycles. The van der Waals surface area contributed by atoms with Gasteiger partial charge in [-0.2, -0.15) is 0 Å². The highest BCUT2D eigenvalue weighted by molar-refractivity contribution is 7.93. The minimum Gasteiger partial charge on any atom is -0.348 e. The summed E-state index contributed by atoms with van der Waals surface area (Å²) >= 11 is 1.19. The lowest BCUT2D eigenvalue weighted by atomic mass is 10.0. The molecule has 31 heavy (non-hydrogen) atoms. The van der Waals surface area contributed by atoms with Crippen molar-refractivity contribution in [1.29, 1.82) is 0 Å². The predicted octanol–water partition coefficient (Wildman–Crippen LogP) is 4.54. The zero-order valence-corrected chi connectivity index (χ0v) is 18.0. The van der Waals surface area contributed by atoms with E-state index in [1.807, 2.05) is 54.6 Å². The number of nitrogens with zero attached hydrogens (tertiary/aromatic N) is 1. The second kappa shape index (κ2) is 9.11. The fourth-order valence-electron chi connectivity index (χ4n) is 2.96. The number of hydrogen-bond acceptors (Lipinski definition) is 5. The molecule has 0 bridgehead atoms. The molecular formula is C23H19N3O3S2. The van der Waals surface area contributed by atoms with Crippen LogP contribution in [0.4, 0.5) is 5.13 Å². The second-order valence-corrected chi connectivity index (χ2v) is 9.29. The number of aromatic nitrogens is 1. The Morgan fingerprint density at radius 1 is 0.871 bits per heavy atom. The maximum absolute atomic E-state index is 12.4. The molecule has 0 fully saturated rings. The van der Waals surface area contributed by atoms with Crippen molar-refractivity contribution in [3.63, 3.8) is 0 Å². The molecule has 1 amide bonds. The van der Waals surface area contributed by atoms with Gasteiger partial charge < -0.3 is 5.32 Å². The first kappa shape index (κ1) is 20.8. The van der Waals surface area contributed by atoms with E-state index in [1.165, 1.54) is 41.8 Å². The van der Waals surface area contributed by atoms with Crippen LogP contribution in [-0.2, 0) is 16.6 Å². The fourth-order valence-corrected chi connectivity index (χ4v) is 4.75. The number of anilines is 1. The van der Waals surface area contributed by atoms with Crippen LogP contribution in [0, 0.1) is 0 Å². The molecule has 0 saturated carbocycles. The zero-order valence-electron chi connectivity index (χ0n) is 16.4. The summed E-state index contributed by atoms with van der Waals surface area (Å²) in [5, 5.41) is 4.83. The highest BCUT2D eigenvalue weighted by Crippen LogP contribution is 2.20. The molecule has 0 atom stereocenters. The van der Waals surface area contributed by atoms with Crippen LogP contribution in [0.25, 0.3) is 11.1 Å². The largest absolute Gasteiger partial charge is 0.348 e. The summed E-state index contributed by atoms with van der Waals surface area (Å²) < 4.78 is 27.2. The van der Waals surface area contributed by atoms with Crippen LogP contribution in [0.1, 0.15) is 15.9 Å². The zero-order chi connectivity index (χ0) is 21.7. The van der Waals surface area contributed by atoms with E-state index in [4.69, 9.17) is 0 Å². The van der Waals surface area contributed by atoms with Gasteiger partial charge in [-0.15, -0.1) is 11.3 Å². The Bertz CT molecular complexity index is 1250. The Kier molecular flexibility index (Phi) is 6.11. The summed E-state index contributed by atoms with van der Waals surface area (Å²) in [6, 6.07) is 23.8. The van der Waals surface area contributed by atoms with Crippen LogP contribution in [0.2, 0.25) is 0 Å². The minimum atomic E-state index is -3.74. The molecule has 1 heterocycles. The van der Waals surface area contributed by atoms with Crippen LogP contribution in [0.15, 0.2) is 95.3 Å². The van der Waals surface area contributed by atoms with Gasteiger partial charge in [-0.3, -0.25) is 9.52 Å². The Hall–Kier alpha value is -3.49. The molecule has 156 valence electrons. The van der Waals surface area contributed by atoms with Gasteiger partial charge in [0.05, 0.1) is 4.90 Å². The van der Waals surface area contributed by atoms with Crippen molar-refractivity contribution in [1.82, 2.24) is 10.3 Å². The molecule has 0 spiro atoms. The Labute approximate surface area is 184 Å². The van der Waals surface area contributed by atoms with Crippen molar-refractivity contribution in [2.75, 3.05) is 4.72 Å². The van der Waals surface area contributed by atoms with E-state index >= 15 is 0 Å². The lowest BCUT2D eigenvalue weighted by molar-refractivity contribution is 0.0951. The van der Waals surface area contributed by atoms with Crippen LogP contribution in [-0.4, -0.2) is 19.3 Å². The molecule has 4 rings (SSSR count). The van der Waals surface area contributed by atoms with Gasteiger partial charge in [0.15, 0.2) is 5.13 Å². The number of amides is 1. The molecule has 0 aliphatic carbocycles. The second-order valence-electron chi connectivity index (χ2n) is 6.71. The summed E-state index contributed by atoms with van der Waals surface area (Å²) in [7, 11) is -3.74. The summed E-state index contributed by atoms with van der Waals surface area (Å²) in [5.74, 6) is -0.274. The Morgan fingerprint density at radius 2 is 1.55 bits per heavy atom. The SMILES string of the molecule is O=C(NCc1ccc(-c2ccccc2)cc1)c1ccc(S(=O)(=O)Nc2nccs2)cc1. The Balaban J connectivity index is 1.37. The van der Waals surface area contributed by atoms with Crippen molar-refractivity contribution in [3.8, 4) is 11.1 Å². The molecule has 0 aliphatic rings. The predicted molar refractivity (Wildman–Crippen MR) is 122 cm³/mol. The summed E-state index contributed by atoms with van der Waals surface area (Å²) in [6.45, 7) is 0.375. The molecule has 6 nitrogen and oxygen atoms in total. The fraction of sp³-hybridized carbons (Fsp3) is 0.0435. The molecule has 0 radical (unpaired) electrons. The van der Waals surface area contributed by atoms with Gasteiger partial charge in [0.1, 0.15) is 0 Å². The van der Waals surface area contributed by atoms with E-state index in [9.17, 15) is 13.2 Å². The van der Waals surface area contributed by atoms with Crippen LogP contribution in [0.5, 0.6) is 0 Å². The van der Waals surface area contributed by atoms with E-state index in [2.05, 4.69) is 15.0 Å². The third kappa shape index (κ3) is 5.17. The standard InChI is InChI=1S/C23H19N3O3S2/c27-22(25-16-17-6-8-19(9-7-17)18-4-2-1-3-5-18)20-10-12-21(13-11-20)31(28,29)26-23-24-14-15-30-23/h1-15H,16H2,(H,24,26)(H,25,27). The lowest BCUT2D eigenvalue weighted by Gasteiger charge is -2.08. The van der Waals surface area contributed by atoms with Crippen molar-refractivity contribution in [2.45, 2.75) is 11.4 Å². The van der Waals surface area contributed by atoms with Crippen LogP contribution >= 0.6 is 11.3 Å². The normalized spacial score (nSPS) is 11.1. The molecule has 0 saturated heterocycles. The van der Waals surface area contributed by atoms with Crippen molar-refractivity contribution < 1.29 is 13.2 Å². The highest BCUT2D eigenvalue weighted by Gasteiger charge is 2.16. The first-order chi connectivity index (χ1) is 15.0. The van der Waals surface area contributed by atoms with Gasteiger partial charge in [0.25, 0.3) is 15.9 Å². The molecule has 4 aromatic rings. The summed E-state index contributed by atoms with van der Waals surface area (Å²) in [6.07, 6.45) is 1.52. The average Bonchev–Trinajstić information content (AvgIpc) is 3.31. The molecule has 2 N–H and O–H groups in total. The molecular weight excluding hydrogens is 430 g/mol. The number of carbonyl (C=O) groups is 1. The smallest absolute Gasteiger partial charge is 0.263 e. The third-order valence-electron chi connectivity index (χ3n) is 4.59. The van der Waals surface area contributed by atoms with Crippen molar-refractivity contribution in [3.05, 3.63) is 102 Å². The molecule has 8 heteroatoms. The van der Waals surface area contributed by atoms with E-state index < -0.39 is 10.0 Å². The number of benzene rings is 3. The number of hydrogen-bond donors (Lipinski definition) is 2. The summed E-state index contributed by atoms with van der Waals surface area (Å²) in [4.78, 5) is 16.4.